The molecule has 154 valence electrons. The molecule has 0 fully saturated rings. The average molecular weight is 419 g/mol. The molecule has 0 bridgehead atoms. The summed E-state index contributed by atoms with van der Waals surface area (Å²) in [6.45, 7) is 4.04. The molecular formula is C25H26N2O2S. The van der Waals surface area contributed by atoms with Gasteiger partial charge in [-0.2, -0.15) is 0 Å². The van der Waals surface area contributed by atoms with Crippen LogP contribution < -0.4 is 10.6 Å². The summed E-state index contributed by atoms with van der Waals surface area (Å²) in [5, 5.41) is 7.61. The zero-order chi connectivity index (χ0) is 21.3. The minimum atomic E-state index is -0.355. The highest BCUT2D eigenvalue weighted by Crippen LogP contribution is 2.16. The van der Waals surface area contributed by atoms with E-state index in [0.29, 0.717) is 11.3 Å². The Kier molecular flexibility index (Phi) is 7.57. The van der Waals surface area contributed by atoms with Gasteiger partial charge in [0.15, 0.2) is 0 Å². The highest BCUT2D eigenvalue weighted by Gasteiger charge is 2.16. The van der Waals surface area contributed by atoms with Crippen molar-refractivity contribution < 1.29 is 9.59 Å². The van der Waals surface area contributed by atoms with Crippen LogP contribution in [0.3, 0.4) is 0 Å². The van der Waals surface area contributed by atoms with Crippen LogP contribution in [0.1, 0.15) is 46.1 Å². The van der Waals surface area contributed by atoms with Crippen LogP contribution in [0.4, 0.5) is 5.69 Å². The maximum Gasteiger partial charge on any atom is 0.272 e. The van der Waals surface area contributed by atoms with Gasteiger partial charge in [-0.3, -0.25) is 9.59 Å². The minimum Gasteiger partial charge on any atom is -0.321 e. The van der Waals surface area contributed by atoms with Crippen molar-refractivity contribution >= 4 is 34.9 Å². The standard InChI is InChI=1S/C25H26N2O2S/c1-3-4-9-19-12-14-20(15-13-19)26-25(29)23(17-21-10-7-16-30-21)27-24(28)22-11-6-5-8-18(22)2/h5-8,10-17H,3-4,9H2,1-2H3,(H,26,29)(H,27,28)/b23-17-. The second-order valence-corrected chi connectivity index (χ2v) is 8.08. The summed E-state index contributed by atoms with van der Waals surface area (Å²) in [5.74, 6) is -0.660. The molecule has 4 nitrogen and oxygen atoms in total. The Balaban J connectivity index is 1.77. The van der Waals surface area contributed by atoms with E-state index in [0.717, 1.165) is 29.7 Å². The van der Waals surface area contributed by atoms with Gasteiger partial charge >= 0.3 is 0 Å². The molecule has 3 rings (SSSR count). The number of aryl methyl sites for hydroxylation is 2. The maximum atomic E-state index is 13.0. The molecule has 2 amide bonds. The van der Waals surface area contributed by atoms with E-state index >= 15 is 0 Å². The first-order valence-corrected chi connectivity index (χ1v) is 11.0. The van der Waals surface area contributed by atoms with Gasteiger partial charge in [0.25, 0.3) is 11.8 Å². The Morgan fingerprint density at radius 3 is 2.43 bits per heavy atom. The topological polar surface area (TPSA) is 58.2 Å². The number of thiophene rings is 1. The van der Waals surface area contributed by atoms with Crippen LogP contribution >= 0.6 is 11.3 Å². The van der Waals surface area contributed by atoms with Crippen molar-refractivity contribution in [1.29, 1.82) is 0 Å². The van der Waals surface area contributed by atoms with Gasteiger partial charge < -0.3 is 10.6 Å². The first-order chi connectivity index (χ1) is 14.6. The lowest BCUT2D eigenvalue weighted by Gasteiger charge is -2.12. The number of rotatable bonds is 8. The number of anilines is 1. The summed E-state index contributed by atoms with van der Waals surface area (Å²) in [6.07, 6.45) is 5.02. The molecule has 0 aliphatic rings. The van der Waals surface area contributed by atoms with Crippen LogP contribution in [-0.4, -0.2) is 11.8 Å². The zero-order valence-corrected chi connectivity index (χ0v) is 18.1. The molecule has 30 heavy (non-hydrogen) atoms. The van der Waals surface area contributed by atoms with Crippen LogP contribution in [0.25, 0.3) is 6.08 Å². The van der Waals surface area contributed by atoms with Crippen molar-refractivity contribution in [2.24, 2.45) is 0 Å². The fourth-order valence-corrected chi connectivity index (χ4v) is 3.68. The monoisotopic (exact) mass is 418 g/mol. The summed E-state index contributed by atoms with van der Waals surface area (Å²) in [7, 11) is 0. The Morgan fingerprint density at radius 1 is 1.00 bits per heavy atom. The van der Waals surface area contributed by atoms with Gasteiger partial charge in [-0.1, -0.05) is 49.7 Å². The molecule has 0 atom stereocenters. The second-order valence-electron chi connectivity index (χ2n) is 7.10. The second kappa shape index (κ2) is 10.6. The molecule has 0 unspecified atom stereocenters. The van der Waals surface area contributed by atoms with Crippen molar-refractivity contribution in [3.63, 3.8) is 0 Å². The van der Waals surface area contributed by atoms with Crippen molar-refractivity contribution in [1.82, 2.24) is 5.32 Å². The van der Waals surface area contributed by atoms with E-state index in [1.807, 2.05) is 66.9 Å². The largest absolute Gasteiger partial charge is 0.321 e. The Bertz CT molecular complexity index is 1020. The fraction of sp³-hybridized carbons (Fsp3) is 0.200. The number of amides is 2. The molecule has 0 saturated heterocycles. The third-order valence-corrected chi connectivity index (χ3v) is 5.56. The number of carbonyl (C=O) groups excluding carboxylic acids is 2. The lowest BCUT2D eigenvalue weighted by atomic mass is 10.1. The molecule has 0 radical (unpaired) electrons. The number of hydrogen-bond acceptors (Lipinski definition) is 3. The summed E-state index contributed by atoms with van der Waals surface area (Å²) >= 11 is 1.50. The van der Waals surface area contributed by atoms with Gasteiger partial charge in [0.05, 0.1) is 0 Å². The van der Waals surface area contributed by atoms with Crippen molar-refractivity contribution in [3.05, 3.63) is 93.3 Å². The third kappa shape index (κ3) is 5.91. The number of benzene rings is 2. The van der Waals surface area contributed by atoms with E-state index in [-0.39, 0.29) is 17.5 Å². The Hall–Kier alpha value is -3.18. The summed E-state index contributed by atoms with van der Waals surface area (Å²) in [6, 6.07) is 19.0. The molecule has 2 aromatic carbocycles. The fourth-order valence-electron chi connectivity index (χ4n) is 3.03. The first-order valence-electron chi connectivity index (χ1n) is 10.1. The van der Waals surface area contributed by atoms with E-state index in [2.05, 4.69) is 17.6 Å². The lowest BCUT2D eigenvalue weighted by molar-refractivity contribution is -0.113. The smallest absolute Gasteiger partial charge is 0.272 e. The molecule has 0 aliphatic carbocycles. The van der Waals surface area contributed by atoms with E-state index in [1.54, 1.807) is 12.1 Å². The van der Waals surface area contributed by atoms with Gasteiger partial charge in [-0.15, -0.1) is 11.3 Å². The van der Waals surface area contributed by atoms with Crippen LogP contribution in [0.5, 0.6) is 0 Å². The van der Waals surface area contributed by atoms with Gasteiger partial charge in [-0.05, 0) is 66.6 Å². The van der Waals surface area contributed by atoms with Gasteiger partial charge in [0, 0.05) is 16.1 Å². The summed E-state index contributed by atoms with van der Waals surface area (Å²) in [4.78, 5) is 26.6. The predicted molar refractivity (Wildman–Crippen MR) is 125 cm³/mol. The van der Waals surface area contributed by atoms with Gasteiger partial charge in [0.1, 0.15) is 5.70 Å². The van der Waals surface area contributed by atoms with Gasteiger partial charge in [-0.25, -0.2) is 0 Å². The van der Waals surface area contributed by atoms with Gasteiger partial charge in [0.2, 0.25) is 0 Å². The number of carbonyl (C=O) groups is 2. The van der Waals surface area contributed by atoms with Crippen LogP contribution in [0, 0.1) is 6.92 Å². The first kappa shape index (κ1) is 21.5. The molecule has 2 N–H and O–H groups in total. The van der Waals surface area contributed by atoms with E-state index in [1.165, 1.54) is 16.9 Å². The van der Waals surface area contributed by atoms with E-state index in [4.69, 9.17) is 0 Å². The molecular weight excluding hydrogens is 392 g/mol. The molecule has 0 spiro atoms. The number of hydrogen-bond donors (Lipinski definition) is 2. The molecule has 0 aliphatic heterocycles. The van der Waals surface area contributed by atoms with Crippen LogP contribution in [0.2, 0.25) is 0 Å². The minimum absolute atomic E-state index is 0.209. The highest BCUT2D eigenvalue weighted by atomic mass is 32.1. The predicted octanol–water partition coefficient (Wildman–Crippen LogP) is 5.81. The average Bonchev–Trinajstić information content (AvgIpc) is 3.26. The molecule has 1 heterocycles. The van der Waals surface area contributed by atoms with E-state index < -0.39 is 0 Å². The number of nitrogens with one attached hydrogen (secondary N) is 2. The lowest BCUT2D eigenvalue weighted by Crippen LogP contribution is -2.31. The van der Waals surface area contributed by atoms with Crippen LogP contribution in [-0.2, 0) is 11.2 Å². The maximum absolute atomic E-state index is 13.0. The van der Waals surface area contributed by atoms with Crippen LogP contribution in [0.15, 0.2) is 71.7 Å². The van der Waals surface area contributed by atoms with Crippen molar-refractivity contribution in [2.75, 3.05) is 5.32 Å². The SMILES string of the molecule is CCCCc1ccc(NC(=O)/C(=C/c2cccs2)NC(=O)c2ccccc2C)cc1. The third-order valence-electron chi connectivity index (χ3n) is 4.74. The molecule has 1 aromatic heterocycles. The molecule has 3 aromatic rings. The Labute approximate surface area is 181 Å². The quantitative estimate of drug-likeness (QED) is 0.454. The highest BCUT2D eigenvalue weighted by molar-refractivity contribution is 7.10. The van der Waals surface area contributed by atoms with Crippen molar-refractivity contribution in [3.8, 4) is 0 Å². The number of unbranched alkanes of at least 4 members (excludes halogenated alkanes) is 1. The normalized spacial score (nSPS) is 11.2. The zero-order valence-electron chi connectivity index (χ0n) is 17.3. The molecule has 5 heteroatoms. The summed E-state index contributed by atoms with van der Waals surface area (Å²) < 4.78 is 0. The molecule has 0 saturated carbocycles. The van der Waals surface area contributed by atoms with E-state index in [9.17, 15) is 9.59 Å². The Morgan fingerprint density at radius 2 is 1.77 bits per heavy atom. The summed E-state index contributed by atoms with van der Waals surface area (Å²) in [5.41, 5.74) is 3.55. The van der Waals surface area contributed by atoms with Crippen molar-refractivity contribution in [2.45, 2.75) is 33.1 Å².